The largest absolute Gasteiger partial charge is 0.240 e. The molecule has 0 amide bonds. The fourth-order valence-electron chi connectivity index (χ4n) is 0.563. The summed E-state index contributed by atoms with van der Waals surface area (Å²) in [6.45, 7) is 1.69. The number of aryl methyl sites for hydroxylation is 1. The van der Waals surface area contributed by atoms with Crippen LogP contribution in [0.15, 0.2) is 6.20 Å². The van der Waals surface area contributed by atoms with Crippen molar-refractivity contribution >= 4 is 11.6 Å². The summed E-state index contributed by atoms with van der Waals surface area (Å²) < 4.78 is 0. The van der Waals surface area contributed by atoms with E-state index in [0.717, 1.165) is 0 Å². The summed E-state index contributed by atoms with van der Waals surface area (Å²) in [4.78, 5) is 7.57. The van der Waals surface area contributed by atoms with Gasteiger partial charge in [-0.2, -0.15) is 5.26 Å². The number of hydrogen-bond acceptors (Lipinski definition) is 3. The van der Waals surface area contributed by atoms with Gasteiger partial charge in [0.15, 0.2) is 5.69 Å². The standard InChI is InChI=1S/C6H4ClN3/c1-4-5(2-8)9-3-6(7)10-4/h3H,1H3. The van der Waals surface area contributed by atoms with Crippen molar-refractivity contribution in [3.05, 3.63) is 22.7 Å². The van der Waals surface area contributed by atoms with Gasteiger partial charge in [0.25, 0.3) is 0 Å². The lowest BCUT2D eigenvalue weighted by atomic mass is 10.3. The van der Waals surface area contributed by atoms with Crippen molar-refractivity contribution in [3.63, 3.8) is 0 Å². The molecule has 0 aliphatic rings. The van der Waals surface area contributed by atoms with Gasteiger partial charge in [0, 0.05) is 0 Å². The summed E-state index contributed by atoms with van der Waals surface area (Å²) in [5.41, 5.74) is 0.888. The second kappa shape index (κ2) is 2.63. The van der Waals surface area contributed by atoms with E-state index < -0.39 is 0 Å². The van der Waals surface area contributed by atoms with Crippen LogP contribution in [0.2, 0.25) is 5.15 Å². The number of nitrogens with zero attached hydrogens (tertiary/aromatic N) is 3. The first kappa shape index (κ1) is 6.97. The highest BCUT2D eigenvalue weighted by atomic mass is 35.5. The average molecular weight is 154 g/mol. The molecule has 0 fully saturated rings. The molecule has 1 rings (SSSR count). The molecular formula is C6H4ClN3. The van der Waals surface area contributed by atoms with Crippen molar-refractivity contribution in [2.24, 2.45) is 0 Å². The minimum Gasteiger partial charge on any atom is -0.240 e. The van der Waals surface area contributed by atoms with Crippen molar-refractivity contribution in [1.82, 2.24) is 9.97 Å². The zero-order chi connectivity index (χ0) is 7.56. The molecule has 0 unspecified atom stereocenters. The van der Waals surface area contributed by atoms with Crippen LogP contribution in [0.4, 0.5) is 0 Å². The van der Waals surface area contributed by atoms with E-state index in [1.54, 1.807) is 6.92 Å². The molecule has 0 atom stereocenters. The first-order valence-electron chi connectivity index (χ1n) is 2.63. The maximum atomic E-state index is 8.41. The van der Waals surface area contributed by atoms with Crippen molar-refractivity contribution in [1.29, 1.82) is 5.26 Å². The Morgan fingerprint density at radius 3 is 2.90 bits per heavy atom. The van der Waals surface area contributed by atoms with Crippen LogP contribution in [-0.2, 0) is 0 Å². The van der Waals surface area contributed by atoms with Crippen LogP contribution in [0.1, 0.15) is 11.4 Å². The van der Waals surface area contributed by atoms with Crippen LogP contribution in [0.5, 0.6) is 0 Å². The Hall–Kier alpha value is -1.14. The first-order chi connectivity index (χ1) is 4.74. The third-order valence-corrected chi connectivity index (χ3v) is 1.21. The van der Waals surface area contributed by atoms with Gasteiger partial charge in [0.05, 0.1) is 11.9 Å². The lowest BCUT2D eigenvalue weighted by Crippen LogP contribution is -1.91. The number of hydrogen-bond donors (Lipinski definition) is 0. The molecule has 50 valence electrons. The molecule has 1 aromatic rings. The summed E-state index contributed by atoms with van der Waals surface area (Å²) in [5, 5.41) is 8.73. The molecule has 4 heteroatoms. The van der Waals surface area contributed by atoms with Crippen molar-refractivity contribution in [2.45, 2.75) is 6.92 Å². The number of halogens is 1. The topological polar surface area (TPSA) is 49.6 Å². The minimum atomic E-state index is 0.316. The lowest BCUT2D eigenvalue weighted by molar-refractivity contribution is 1.09. The highest BCUT2D eigenvalue weighted by Gasteiger charge is 1.98. The first-order valence-corrected chi connectivity index (χ1v) is 3.01. The lowest BCUT2D eigenvalue weighted by Gasteiger charge is -1.92. The Morgan fingerprint density at radius 2 is 2.40 bits per heavy atom. The zero-order valence-corrected chi connectivity index (χ0v) is 6.05. The number of rotatable bonds is 0. The van der Waals surface area contributed by atoms with E-state index in [2.05, 4.69) is 9.97 Å². The maximum absolute atomic E-state index is 8.41. The Bertz CT molecular complexity index is 290. The van der Waals surface area contributed by atoms with Crippen molar-refractivity contribution in [3.8, 4) is 6.07 Å². The molecule has 0 bridgehead atoms. The zero-order valence-electron chi connectivity index (χ0n) is 5.30. The van der Waals surface area contributed by atoms with Crippen LogP contribution < -0.4 is 0 Å². The van der Waals surface area contributed by atoms with E-state index in [1.165, 1.54) is 6.20 Å². The molecule has 1 aromatic heterocycles. The van der Waals surface area contributed by atoms with Gasteiger partial charge in [-0.05, 0) is 6.92 Å². The second-order valence-electron chi connectivity index (χ2n) is 1.74. The van der Waals surface area contributed by atoms with Crippen LogP contribution in [0.25, 0.3) is 0 Å². The van der Waals surface area contributed by atoms with Gasteiger partial charge >= 0.3 is 0 Å². The molecule has 0 N–H and O–H groups in total. The van der Waals surface area contributed by atoms with E-state index in [0.29, 0.717) is 16.5 Å². The monoisotopic (exact) mass is 153 g/mol. The van der Waals surface area contributed by atoms with E-state index in [1.807, 2.05) is 6.07 Å². The smallest absolute Gasteiger partial charge is 0.161 e. The quantitative estimate of drug-likeness (QED) is 0.565. The Labute approximate surface area is 63.3 Å². The predicted octanol–water partition coefficient (Wildman–Crippen LogP) is 1.31. The van der Waals surface area contributed by atoms with E-state index in [9.17, 15) is 0 Å². The maximum Gasteiger partial charge on any atom is 0.161 e. The van der Waals surface area contributed by atoms with Gasteiger partial charge < -0.3 is 0 Å². The molecule has 0 aromatic carbocycles. The normalized spacial score (nSPS) is 8.90. The van der Waals surface area contributed by atoms with Crippen LogP contribution in [0.3, 0.4) is 0 Å². The molecule has 3 nitrogen and oxygen atoms in total. The number of nitriles is 1. The Balaban J connectivity index is 3.23. The molecular weight excluding hydrogens is 150 g/mol. The van der Waals surface area contributed by atoms with E-state index in [-0.39, 0.29) is 0 Å². The Morgan fingerprint density at radius 1 is 1.70 bits per heavy atom. The molecule has 10 heavy (non-hydrogen) atoms. The molecule has 0 aliphatic carbocycles. The third-order valence-electron chi connectivity index (χ3n) is 1.02. The fourth-order valence-corrected chi connectivity index (χ4v) is 0.739. The van der Waals surface area contributed by atoms with Crippen LogP contribution >= 0.6 is 11.6 Å². The highest BCUT2D eigenvalue weighted by molar-refractivity contribution is 6.29. The van der Waals surface area contributed by atoms with Crippen molar-refractivity contribution < 1.29 is 0 Å². The van der Waals surface area contributed by atoms with Crippen LogP contribution in [0, 0.1) is 18.3 Å². The summed E-state index contributed by atoms with van der Waals surface area (Å²) in [6.07, 6.45) is 1.35. The molecule has 0 saturated carbocycles. The van der Waals surface area contributed by atoms with E-state index in [4.69, 9.17) is 16.9 Å². The molecule has 0 aliphatic heterocycles. The van der Waals surface area contributed by atoms with E-state index >= 15 is 0 Å². The molecule has 0 radical (unpaired) electrons. The Kier molecular flexibility index (Phi) is 1.83. The fraction of sp³-hybridized carbons (Fsp3) is 0.167. The highest BCUT2D eigenvalue weighted by Crippen LogP contribution is 2.04. The van der Waals surface area contributed by atoms with Gasteiger partial charge in [-0.25, -0.2) is 9.97 Å². The average Bonchev–Trinajstić information content (AvgIpc) is 1.88. The summed E-state index contributed by atoms with van der Waals surface area (Å²) in [7, 11) is 0. The van der Waals surface area contributed by atoms with Crippen LogP contribution in [-0.4, -0.2) is 9.97 Å². The van der Waals surface area contributed by atoms with Gasteiger partial charge in [-0.3, -0.25) is 0 Å². The second-order valence-corrected chi connectivity index (χ2v) is 2.13. The SMILES string of the molecule is Cc1nc(Cl)cnc1C#N. The van der Waals surface area contributed by atoms with Gasteiger partial charge in [0.1, 0.15) is 11.2 Å². The predicted molar refractivity (Wildman–Crippen MR) is 36.5 cm³/mol. The third kappa shape index (κ3) is 1.23. The van der Waals surface area contributed by atoms with Gasteiger partial charge in [0.2, 0.25) is 0 Å². The molecule has 0 spiro atoms. The molecule has 0 saturated heterocycles. The van der Waals surface area contributed by atoms with Gasteiger partial charge in [-0.15, -0.1) is 0 Å². The molecule has 1 heterocycles. The number of aromatic nitrogens is 2. The van der Waals surface area contributed by atoms with Crippen molar-refractivity contribution in [2.75, 3.05) is 0 Å². The summed E-state index contributed by atoms with van der Waals surface area (Å²) in [6, 6.07) is 1.89. The van der Waals surface area contributed by atoms with Gasteiger partial charge in [-0.1, -0.05) is 11.6 Å². The summed E-state index contributed by atoms with van der Waals surface area (Å²) >= 11 is 5.49. The minimum absolute atomic E-state index is 0.316. The summed E-state index contributed by atoms with van der Waals surface area (Å²) in [5.74, 6) is 0.